The van der Waals surface area contributed by atoms with Gasteiger partial charge in [-0.2, -0.15) is 0 Å². The van der Waals surface area contributed by atoms with Crippen molar-refractivity contribution >= 4 is 23.9 Å². The van der Waals surface area contributed by atoms with Crippen LogP contribution in [0, 0.1) is 0 Å². The molecule has 90 valence electrons. The summed E-state index contributed by atoms with van der Waals surface area (Å²) >= 11 is 0. The first-order valence-electron chi connectivity index (χ1n) is 5.36. The lowest BCUT2D eigenvalue weighted by Crippen LogP contribution is -1.97. The fraction of sp³-hybridized carbons (Fsp3) is 0. The van der Waals surface area contributed by atoms with Crippen molar-refractivity contribution < 1.29 is 9.59 Å². The van der Waals surface area contributed by atoms with Crippen LogP contribution in [0.2, 0.25) is 0 Å². The molecule has 0 saturated carbocycles. The highest BCUT2D eigenvalue weighted by atomic mass is 16.1. The van der Waals surface area contributed by atoms with E-state index in [1.165, 1.54) is 0 Å². The Morgan fingerprint density at radius 2 is 1.67 bits per heavy atom. The van der Waals surface area contributed by atoms with Crippen LogP contribution in [-0.4, -0.2) is 12.6 Å². The van der Waals surface area contributed by atoms with E-state index in [2.05, 4.69) is 0 Å². The summed E-state index contributed by atoms with van der Waals surface area (Å²) in [7, 11) is 0. The SMILES string of the molecule is Nc1cc(-c2cccc(N)c2C=O)ccc1C=O. The van der Waals surface area contributed by atoms with Crippen molar-refractivity contribution in [3.63, 3.8) is 0 Å². The van der Waals surface area contributed by atoms with Crippen LogP contribution in [-0.2, 0) is 0 Å². The molecule has 2 aromatic carbocycles. The maximum absolute atomic E-state index is 11.1. The number of carbonyl (C=O) groups is 2. The molecule has 0 bridgehead atoms. The lowest BCUT2D eigenvalue weighted by Gasteiger charge is -2.09. The van der Waals surface area contributed by atoms with E-state index >= 15 is 0 Å². The number of benzene rings is 2. The highest BCUT2D eigenvalue weighted by Crippen LogP contribution is 2.28. The molecule has 4 N–H and O–H groups in total. The minimum Gasteiger partial charge on any atom is -0.398 e. The molecule has 0 saturated heterocycles. The number of anilines is 2. The Morgan fingerprint density at radius 1 is 0.889 bits per heavy atom. The van der Waals surface area contributed by atoms with Gasteiger partial charge in [-0.1, -0.05) is 18.2 Å². The van der Waals surface area contributed by atoms with E-state index in [0.29, 0.717) is 40.6 Å². The van der Waals surface area contributed by atoms with Crippen molar-refractivity contribution in [2.24, 2.45) is 0 Å². The lowest BCUT2D eigenvalue weighted by molar-refractivity contribution is 0.111. The Bertz CT molecular complexity index is 621. The van der Waals surface area contributed by atoms with Crippen LogP contribution in [0.4, 0.5) is 11.4 Å². The molecule has 0 aliphatic heterocycles. The first-order chi connectivity index (χ1) is 8.67. The highest BCUT2D eigenvalue weighted by molar-refractivity contribution is 5.95. The first-order valence-corrected chi connectivity index (χ1v) is 5.36. The predicted octanol–water partition coefficient (Wildman–Crippen LogP) is 2.14. The minimum atomic E-state index is 0.377. The quantitative estimate of drug-likeness (QED) is 0.635. The van der Waals surface area contributed by atoms with E-state index in [-0.39, 0.29) is 0 Å². The second-order valence-electron chi connectivity index (χ2n) is 3.89. The minimum absolute atomic E-state index is 0.377. The molecule has 0 unspecified atom stereocenters. The van der Waals surface area contributed by atoms with Crippen LogP contribution in [0.3, 0.4) is 0 Å². The first kappa shape index (κ1) is 11.9. The second kappa shape index (κ2) is 4.71. The van der Waals surface area contributed by atoms with Crippen molar-refractivity contribution in [2.45, 2.75) is 0 Å². The van der Waals surface area contributed by atoms with Gasteiger partial charge in [0.15, 0.2) is 12.6 Å². The highest BCUT2D eigenvalue weighted by Gasteiger charge is 2.09. The van der Waals surface area contributed by atoms with Gasteiger partial charge in [0.1, 0.15) is 0 Å². The van der Waals surface area contributed by atoms with E-state index in [9.17, 15) is 9.59 Å². The topological polar surface area (TPSA) is 86.2 Å². The molecule has 18 heavy (non-hydrogen) atoms. The van der Waals surface area contributed by atoms with Crippen molar-refractivity contribution in [3.8, 4) is 11.1 Å². The zero-order valence-electron chi connectivity index (χ0n) is 9.59. The van der Waals surface area contributed by atoms with E-state index < -0.39 is 0 Å². The Kier molecular flexibility index (Phi) is 3.10. The predicted molar refractivity (Wildman–Crippen MR) is 71.5 cm³/mol. The van der Waals surface area contributed by atoms with E-state index in [1.54, 1.807) is 36.4 Å². The summed E-state index contributed by atoms with van der Waals surface area (Å²) in [5, 5.41) is 0. The molecule has 0 aromatic heterocycles. The monoisotopic (exact) mass is 240 g/mol. The van der Waals surface area contributed by atoms with Crippen molar-refractivity contribution in [1.29, 1.82) is 0 Å². The number of carbonyl (C=O) groups excluding carboxylic acids is 2. The van der Waals surface area contributed by atoms with Gasteiger partial charge in [-0.25, -0.2) is 0 Å². The number of hydrogen-bond donors (Lipinski definition) is 2. The van der Waals surface area contributed by atoms with Crippen molar-refractivity contribution in [1.82, 2.24) is 0 Å². The fourth-order valence-corrected chi connectivity index (χ4v) is 1.82. The van der Waals surface area contributed by atoms with Crippen molar-refractivity contribution in [3.05, 3.63) is 47.5 Å². The molecule has 0 fully saturated rings. The molecular weight excluding hydrogens is 228 g/mol. The van der Waals surface area contributed by atoms with Crippen LogP contribution in [0.25, 0.3) is 11.1 Å². The number of aldehydes is 2. The average molecular weight is 240 g/mol. The fourth-order valence-electron chi connectivity index (χ4n) is 1.82. The molecule has 4 heteroatoms. The van der Waals surface area contributed by atoms with Gasteiger partial charge in [0.2, 0.25) is 0 Å². The van der Waals surface area contributed by atoms with Gasteiger partial charge in [-0.3, -0.25) is 9.59 Å². The van der Waals surface area contributed by atoms with Gasteiger partial charge < -0.3 is 11.5 Å². The molecule has 4 nitrogen and oxygen atoms in total. The second-order valence-corrected chi connectivity index (χ2v) is 3.89. The van der Waals surface area contributed by atoms with Gasteiger partial charge in [0.25, 0.3) is 0 Å². The summed E-state index contributed by atoms with van der Waals surface area (Å²) in [5.74, 6) is 0. The summed E-state index contributed by atoms with van der Waals surface area (Å²) < 4.78 is 0. The molecule has 0 spiro atoms. The third-order valence-electron chi connectivity index (χ3n) is 2.78. The Morgan fingerprint density at radius 3 is 2.28 bits per heavy atom. The summed E-state index contributed by atoms with van der Waals surface area (Å²) in [4.78, 5) is 21.8. The molecule has 0 amide bonds. The van der Waals surface area contributed by atoms with E-state index in [4.69, 9.17) is 11.5 Å². The molecule has 0 aliphatic carbocycles. The Labute approximate surface area is 104 Å². The molecule has 0 heterocycles. The smallest absolute Gasteiger partial charge is 0.152 e. The van der Waals surface area contributed by atoms with Gasteiger partial charge in [0, 0.05) is 22.5 Å². The number of hydrogen-bond acceptors (Lipinski definition) is 4. The maximum Gasteiger partial charge on any atom is 0.152 e. The summed E-state index contributed by atoms with van der Waals surface area (Å²) in [6, 6.07) is 10.2. The third kappa shape index (κ3) is 1.96. The Hall–Kier alpha value is -2.62. The zero-order chi connectivity index (χ0) is 13.1. The van der Waals surface area contributed by atoms with Crippen LogP contribution >= 0.6 is 0 Å². The van der Waals surface area contributed by atoms with Crippen molar-refractivity contribution in [2.75, 3.05) is 11.5 Å². The van der Waals surface area contributed by atoms with Gasteiger partial charge in [-0.05, 0) is 29.3 Å². The Balaban J connectivity index is 2.62. The van der Waals surface area contributed by atoms with Gasteiger partial charge in [0.05, 0.1) is 0 Å². The number of nitrogen functional groups attached to an aromatic ring is 2. The molecule has 0 atom stereocenters. The van der Waals surface area contributed by atoms with Crippen LogP contribution in [0.1, 0.15) is 20.7 Å². The normalized spacial score (nSPS) is 10.0. The molecule has 2 rings (SSSR count). The summed E-state index contributed by atoms with van der Waals surface area (Å²) in [5.41, 5.74) is 14.6. The van der Waals surface area contributed by atoms with Crippen LogP contribution < -0.4 is 11.5 Å². The lowest BCUT2D eigenvalue weighted by atomic mass is 9.97. The third-order valence-corrected chi connectivity index (χ3v) is 2.78. The standard InChI is InChI=1S/C14H12N2O2/c15-13-3-1-2-11(12(13)8-18)9-4-5-10(7-17)14(16)6-9/h1-8H,15-16H2. The zero-order valence-corrected chi connectivity index (χ0v) is 9.59. The molecule has 0 aliphatic rings. The van der Waals surface area contributed by atoms with E-state index in [0.717, 1.165) is 5.56 Å². The van der Waals surface area contributed by atoms with Crippen LogP contribution in [0.15, 0.2) is 36.4 Å². The van der Waals surface area contributed by atoms with Gasteiger partial charge >= 0.3 is 0 Å². The summed E-state index contributed by atoms with van der Waals surface area (Å²) in [6.45, 7) is 0. The summed E-state index contributed by atoms with van der Waals surface area (Å²) in [6.07, 6.45) is 1.41. The number of nitrogens with two attached hydrogens (primary N) is 2. The molecule has 2 aromatic rings. The van der Waals surface area contributed by atoms with E-state index in [1.807, 2.05) is 0 Å². The average Bonchev–Trinajstić information content (AvgIpc) is 2.38. The number of rotatable bonds is 3. The van der Waals surface area contributed by atoms with Crippen LogP contribution in [0.5, 0.6) is 0 Å². The maximum atomic E-state index is 11.1. The molecular formula is C14H12N2O2. The largest absolute Gasteiger partial charge is 0.398 e. The van der Waals surface area contributed by atoms with Gasteiger partial charge in [-0.15, -0.1) is 0 Å². The molecule has 0 radical (unpaired) electrons.